The van der Waals surface area contributed by atoms with Gasteiger partial charge in [0.2, 0.25) is 10.0 Å². The van der Waals surface area contributed by atoms with Gasteiger partial charge in [-0.15, -0.1) is 0 Å². The smallest absolute Gasteiger partial charge is 0.246 e. The van der Waals surface area contributed by atoms with Crippen molar-refractivity contribution in [2.45, 2.75) is 18.0 Å². The lowest BCUT2D eigenvalue weighted by Crippen LogP contribution is -2.52. The minimum atomic E-state index is -3.61. The first-order chi connectivity index (χ1) is 9.70. The molecule has 0 saturated carbocycles. The van der Waals surface area contributed by atoms with Gasteiger partial charge >= 0.3 is 0 Å². The fourth-order valence-electron chi connectivity index (χ4n) is 2.03. The molecule has 0 N–H and O–H groups in total. The predicted octanol–water partition coefficient (Wildman–Crippen LogP) is 1.19. The molecular weight excluding hydrogens is 312 g/mol. The highest BCUT2D eigenvalue weighted by Gasteiger charge is 2.32. The van der Waals surface area contributed by atoms with Crippen molar-refractivity contribution in [2.75, 3.05) is 41.3 Å². The van der Waals surface area contributed by atoms with Crippen molar-refractivity contribution in [2.24, 2.45) is 0 Å². The average molecular weight is 335 g/mol. The van der Waals surface area contributed by atoms with Crippen LogP contribution in [0.25, 0.3) is 0 Å². The summed E-state index contributed by atoms with van der Waals surface area (Å²) in [5.41, 5.74) is 0. The molecule has 0 aromatic carbocycles. The van der Waals surface area contributed by atoms with E-state index in [0.29, 0.717) is 13.1 Å². The van der Waals surface area contributed by atoms with Crippen molar-refractivity contribution in [3.8, 4) is 0 Å². The monoisotopic (exact) mass is 334 g/mol. The number of sulfonamides is 1. The van der Waals surface area contributed by atoms with Crippen molar-refractivity contribution in [1.29, 1.82) is 0 Å². The standard InChI is InChI=1S/C13H23ClN4O2S/c1-6-18(13(17(4)5)10-16(2)3)21(19,20)11-7-8-12(14)15-9-11/h7-9,13H,6,10H2,1-5H3. The quantitative estimate of drug-likeness (QED) is 0.554. The number of hydrogen-bond donors (Lipinski definition) is 0. The van der Waals surface area contributed by atoms with Gasteiger partial charge in [0.05, 0.1) is 6.17 Å². The van der Waals surface area contributed by atoms with E-state index >= 15 is 0 Å². The van der Waals surface area contributed by atoms with Gasteiger partial charge in [0, 0.05) is 19.3 Å². The Morgan fingerprint density at radius 2 is 1.86 bits per heavy atom. The summed E-state index contributed by atoms with van der Waals surface area (Å²) in [7, 11) is 3.96. The number of pyridine rings is 1. The number of aromatic nitrogens is 1. The first-order valence-corrected chi connectivity index (χ1v) is 8.46. The van der Waals surface area contributed by atoms with Crippen LogP contribution in [0.4, 0.5) is 0 Å². The van der Waals surface area contributed by atoms with Gasteiger partial charge in [-0.25, -0.2) is 13.4 Å². The summed E-state index contributed by atoms with van der Waals surface area (Å²) >= 11 is 5.72. The number of likely N-dealkylation sites (N-methyl/N-ethyl adjacent to an activating group) is 3. The summed E-state index contributed by atoms with van der Waals surface area (Å²) in [4.78, 5) is 7.87. The first-order valence-electron chi connectivity index (χ1n) is 6.64. The maximum atomic E-state index is 12.8. The van der Waals surface area contributed by atoms with Crippen LogP contribution in [0.1, 0.15) is 6.92 Å². The van der Waals surface area contributed by atoms with Crippen LogP contribution in [-0.4, -0.2) is 75.0 Å². The van der Waals surface area contributed by atoms with Gasteiger partial charge in [-0.2, -0.15) is 4.31 Å². The Hall–Kier alpha value is -0.730. The fraction of sp³-hybridized carbons (Fsp3) is 0.615. The van der Waals surface area contributed by atoms with Crippen LogP contribution in [0.2, 0.25) is 5.15 Å². The molecule has 1 heterocycles. The Balaban J connectivity index is 3.19. The third-order valence-electron chi connectivity index (χ3n) is 3.08. The summed E-state index contributed by atoms with van der Waals surface area (Å²) in [6.45, 7) is 2.80. The van der Waals surface area contributed by atoms with Crippen LogP contribution in [0, 0.1) is 0 Å². The van der Waals surface area contributed by atoms with Gasteiger partial charge < -0.3 is 4.90 Å². The van der Waals surface area contributed by atoms with E-state index in [9.17, 15) is 8.42 Å². The Kier molecular flexibility index (Phi) is 6.55. The van der Waals surface area contributed by atoms with Crippen LogP contribution >= 0.6 is 11.6 Å². The molecule has 0 amide bonds. The average Bonchev–Trinajstić information content (AvgIpc) is 2.38. The third kappa shape index (κ3) is 4.62. The Morgan fingerprint density at radius 3 is 2.24 bits per heavy atom. The zero-order chi connectivity index (χ0) is 16.2. The topological polar surface area (TPSA) is 56.8 Å². The molecule has 6 nitrogen and oxygen atoms in total. The van der Waals surface area contributed by atoms with E-state index in [4.69, 9.17) is 11.6 Å². The third-order valence-corrected chi connectivity index (χ3v) is 5.26. The SMILES string of the molecule is CCN(C(CN(C)C)N(C)C)S(=O)(=O)c1ccc(Cl)nc1. The maximum absolute atomic E-state index is 12.8. The Labute approximate surface area is 132 Å². The highest BCUT2D eigenvalue weighted by Crippen LogP contribution is 2.19. The van der Waals surface area contributed by atoms with Crippen LogP contribution < -0.4 is 0 Å². The number of halogens is 1. The molecule has 0 aliphatic heterocycles. The first kappa shape index (κ1) is 18.3. The minimum Gasteiger partial charge on any atom is -0.306 e. The van der Waals surface area contributed by atoms with E-state index < -0.39 is 10.0 Å². The molecule has 1 rings (SSSR count). The van der Waals surface area contributed by atoms with Gasteiger partial charge in [-0.05, 0) is 40.3 Å². The minimum absolute atomic E-state index is 0.152. The summed E-state index contributed by atoms with van der Waals surface area (Å²) in [5, 5.41) is 0.273. The molecule has 8 heteroatoms. The van der Waals surface area contributed by atoms with Gasteiger partial charge in [0.1, 0.15) is 10.0 Å². The van der Waals surface area contributed by atoms with Crippen molar-refractivity contribution < 1.29 is 8.42 Å². The van der Waals surface area contributed by atoms with E-state index in [1.165, 1.54) is 22.6 Å². The molecule has 0 aliphatic carbocycles. The zero-order valence-electron chi connectivity index (χ0n) is 13.1. The molecular formula is C13H23ClN4O2S. The second-order valence-electron chi connectivity index (χ2n) is 5.23. The van der Waals surface area contributed by atoms with Gasteiger partial charge in [-0.1, -0.05) is 18.5 Å². The Bertz CT molecular complexity index is 546. The second kappa shape index (κ2) is 7.51. The van der Waals surface area contributed by atoms with Gasteiger partial charge in [0.25, 0.3) is 0 Å². The van der Waals surface area contributed by atoms with Crippen molar-refractivity contribution >= 4 is 21.6 Å². The van der Waals surface area contributed by atoms with E-state index in [-0.39, 0.29) is 16.2 Å². The number of nitrogens with zero attached hydrogens (tertiary/aromatic N) is 4. The second-order valence-corrected chi connectivity index (χ2v) is 7.51. The lowest BCUT2D eigenvalue weighted by atomic mass is 10.4. The highest BCUT2D eigenvalue weighted by atomic mass is 35.5. The normalized spacial score (nSPS) is 14.1. The largest absolute Gasteiger partial charge is 0.306 e. The summed E-state index contributed by atoms with van der Waals surface area (Å²) in [6.07, 6.45) is 1.04. The van der Waals surface area contributed by atoms with Crippen LogP contribution in [0.3, 0.4) is 0 Å². The lowest BCUT2D eigenvalue weighted by Gasteiger charge is -2.36. The van der Waals surface area contributed by atoms with Gasteiger partial charge in [0.15, 0.2) is 0 Å². The van der Waals surface area contributed by atoms with Crippen LogP contribution in [0.5, 0.6) is 0 Å². The summed E-state index contributed by atoms with van der Waals surface area (Å²) in [6, 6.07) is 2.97. The molecule has 0 fully saturated rings. The van der Waals surface area contributed by atoms with E-state index in [1.54, 1.807) is 0 Å². The van der Waals surface area contributed by atoms with Crippen molar-refractivity contribution in [3.05, 3.63) is 23.5 Å². The van der Waals surface area contributed by atoms with Gasteiger partial charge in [-0.3, -0.25) is 4.90 Å². The van der Waals surface area contributed by atoms with Crippen LogP contribution in [-0.2, 0) is 10.0 Å². The summed E-state index contributed by atoms with van der Waals surface area (Å²) in [5.74, 6) is 0. The fourth-order valence-corrected chi connectivity index (χ4v) is 3.75. The van der Waals surface area contributed by atoms with E-state index in [1.807, 2.05) is 44.9 Å². The zero-order valence-corrected chi connectivity index (χ0v) is 14.7. The van der Waals surface area contributed by atoms with Crippen molar-refractivity contribution in [1.82, 2.24) is 19.1 Å². The number of hydrogen-bond acceptors (Lipinski definition) is 5. The molecule has 1 atom stereocenters. The van der Waals surface area contributed by atoms with E-state index in [0.717, 1.165) is 0 Å². The lowest BCUT2D eigenvalue weighted by molar-refractivity contribution is 0.124. The highest BCUT2D eigenvalue weighted by molar-refractivity contribution is 7.89. The molecule has 0 spiro atoms. The molecule has 0 aliphatic rings. The summed E-state index contributed by atoms with van der Waals surface area (Å²) < 4.78 is 27.1. The number of rotatable bonds is 7. The molecule has 120 valence electrons. The molecule has 1 unspecified atom stereocenters. The Morgan fingerprint density at radius 1 is 1.24 bits per heavy atom. The van der Waals surface area contributed by atoms with E-state index in [2.05, 4.69) is 4.98 Å². The molecule has 1 aromatic heterocycles. The van der Waals surface area contributed by atoms with Crippen molar-refractivity contribution in [3.63, 3.8) is 0 Å². The predicted molar refractivity (Wildman–Crippen MR) is 84.8 cm³/mol. The molecule has 1 aromatic rings. The molecule has 0 bridgehead atoms. The molecule has 0 saturated heterocycles. The molecule has 21 heavy (non-hydrogen) atoms. The molecule has 0 radical (unpaired) electrons. The van der Waals surface area contributed by atoms with Crippen LogP contribution in [0.15, 0.2) is 23.2 Å². The maximum Gasteiger partial charge on any atom is 0.246 e.